The van der Waals surface area contributed by atoms with Gasteiger partial charge in [0.15, 0.2) is 18.9 Å². The Morgan fingerprint density at radius 3 is 0.982 bits per heavy atom. The third-order valence-electron chi connectivity index (χ3n) is 20.4. The van der Waals surface area contributed by atoms with Gasteiger partial charge in [-0.1, -0.05) is 327 Å². The summed E-state index contributed by atoms with van der Waals surface area (Å²) in [5.41, 5.74) is 0. The van der Waals surface area contributed by atoms with Gasteiger partial charge in [-0.05, 0) is 103 Å². The van der Waals surface area contributed by atoms with Crippen molar-refractivity contribution in [3.63, 3.8) is 0 Å². The Morgan fingerprint density at radius 2 is 0.627 bits per heavy atom. The molecule has 0 radical (unpaired) electrons. The maximum Gasteiger partial charge on any atom is 0.220 e. The van der Waals surface area contributed by atoms with Crippen molar-refractivity contribution in [1.29, 1.82) is 0 Å². The van der Waals surface area contributed by atoms with Crippen LogP contribution in [-0.2, 0) is 33.2 Å². The van der Waals surface area contributed by atoms with Crippen molar-refractivity contribution in [3.8, 4) is 0 Å². The molecule has 0 saturated carbocycles. The highest BCUT2D eigenvalue weighted by molar-refractivity contribution is 5.76. The topological polar surface area (TPSA) is 307 Å². The van der Waals surface area contributed by atoms with Gasteiger partial charge in [0.2, 0.25) is 5.91 Å². The number of aliphatic hydroxyl groups excluding tert-OH is 11. The lowest BCUT2D eigenvalue weighted by molar-refractivity contribution is -0.379. The summed E-state index contributed by atoms with van der Waals surface area (Å²) in [5, 5.41) is 121. The standard InChI is InChI=1S/C91H153NO18/c1-3-5-7-9-11-13-15-17-19-21-23-25-27-29-30-31-32-33-34-35-36-37-38-39-40-41-42-43-44-45-47-49-51-53-55-57-59-61-63-65-67-69-79(97)92-74(75(96)68-66-64-62-60-58-56-54-52-50-48-46-28-26-24-22-20-18-16-14-12-10-8-6-4-2)73-105-89-85(103)82(100)87(77(71-94)107-89)110-91-86(104)83(101)88(78(72-95)108-91)109-90-84(102)81(99)80(98)76(70-93)106-90/h5,7,11,13,17,19,23,25,29-30,32-33,35-36,38-39,41-42,44-45,49,51,55,57,74-78,80-91,93-96,98-104H,3-4,6,8-10,12,14-16,18,20-22,24,26-28,31,34,37,40,43,46-48,50,52-54,56,58-73H2,1-2H3,(H,92,97)/b7-5-,13-11-,19-17-,25-23-,30-29-,33-32-,36-35-,39-38-,42-41-,45-44-,51-49-,57-55-. The molecule has 630 valence electrons. The molecule has 3 aliphatic heterocycles. The van der Waals surface area contributed by atoms with Gasteiger partial charge in [-0.2, -0.15) is 0 Å². The van der Waals surface area contributed by atoms with Crippen LogP contribution in [-0.4, -0.2) is 193 Å². The number of aliphatic hydroxyl groups is 11. The summed E-state index contributed by atoms with van der Waals surface area (Å²) in [6, 6.07) is -0.914. The first-order valence-corrected chi connectivity index (χ1v) is 43.1. The van der Waals surface area contributed by atoms with Crippen molar-refractivity contribution in [2.45, 2.75) is 394 Å². The minimum absolute atomic E-state index is 0.228. The molecular weight excluding hydrogens is 1390 g/mol. The third kappa shape index (κ3) is 47.5. The molecule has 19 nitrogen and oxygen atoms in total. The minimum atomic E-state index is -1.98. The quantitative estimate of drug-likeness (QED) is 0.0199. The lowest BCUT2D eigenvalue weighted by Crippen LogP contribution is -2.66. The molecule has 3 heterocycles. The fourth-order valence-electron chi connectivity index (χ4n) is 13.6. The molecule has 0 bridgehead atoms. The molecule has 3 rings (SSSR count). The van der Waals surface area contributed by atoms with Gasteiger partial charge >= 0.3 is 0 Å². The van der Waals surface area contributed by atoms with Crippen LogP contribution in [0.2, 0.25) is 0 Å². The highest BCUT2D eigenvalue weighted by Gasteiger charge is 2.54. The number of carbonyl (C=O) groups is 1. The van der Waals surface area contributed by atoms with Crippen LogP contribution in [0.4, 0.5) is 0 Å². The van der Waals surface area contributed by atoms with E-state index in [0.29, 0.717) is 19.3 Å². The third-order valence-corrected chi connectivity index (χ3v) is 20.4. The SMILES string of the molecule is CC/C=C\C/C=C\C/C=C\C/C=C\C/C=C\C/C=C\C/C=C\C/C=C\C/C=C\C/C=C\C/C=C\C/C=C\CCCCCCC(=O)NC(COC1OC(CO)C(OC2OC(CO)C(OC3OC(CO)C(O)C(O)C3O)C(O)C2O)C(O)C1O)C(O)CCCCCCCCCCCCCCCCCCCCCCCCCC. The second kappa shape index (κ2) is 69.0. The molecule has 0 spiro atoms. The van der Waals surface area contributed by atoms with Gasteiger partial charge in [0.1, 0.15) is 73.2 Å². The molecule has 0 aromatic rings. The normalized spacial score (nSPS) is 25.9. The van der Waals surface area contributed by atoms with E-state index in [-0.39, 0.29) is 18.9 Å². The second-order valence-electron chi connectivity index (χ2n) is 29.9. The Morgan fingerprint density at radius 1 is 0.336 bits per heavy atom. The number of ether oxygens (including phenoxy) is 6. The predicted octanol–water partition coefficient (Wildman–Crippen LogP) is 15.8. The minimum Gasteiger partial charge on any atom is -0.394 e. The highest BCUT2D eigenvalue weighted by atomic mass is 16.8. The molecule has 0 aliphatic carbocycles. The van der Waals surface area contributed by atoms with Crippen molar-refractivity contribution in [3.05, 3.63) is 146 Å². The number of unbranched alkanes of at least 4 members (excludes halogenated alkanes) is 27. The average Bonchev–Trinajstić information content (AvgIpc) is 0.782. The predicted molar refractivity (Wildman–Crippen MR) is 442 cm³/mol. The van der Waals surface area contributed by atoms with Crippen LogP contribution in [0.25, 0.3) is 0 Å². The van der Waals surface area contributed by atoms with E-state index >= 15 is 0 Å². The smallest absolute Gasteiger partial charge is 0.220 e. The Balaban J connectivity index is 1.35. The van der Waals surface area contributed by atoms with E-state index in [0.717, 1.165) is 122 Å². The van der Waals surface area contributed by atoms with Gasteiger partial charge < -0.3 is 89.9 Å². The van der Waals surface area contributed by atoms with E-state index in [1.54, 1.807) is 0 Å². The molecule has 0 aromatic heterocycles. The van der Waals surface area contributed by atoms with E-state index in [9.17, 15) is 61.0 Å². The summed E-state index contributed by atoms with van der Waals surface area (Å²) in [4.78, 5) is 13.5. The Bertz CT molecular complexity index is 2560. The summed E-state index contributed by atoms with van der Waals surface area (Å²) in [6.07, 6.45) is 73.6. The van der Waals surface area contributed by atoms with Gasteiger partial charge in [-0.3, -0.25) is 4.79 Å². The van der Waals surface area contributed by atoms with Crippen LogP contribution in [0.15, 0.2) is 146 Å². The molecule has 3 saturated heterocycles. The van der Waals surface area contributed by atoms with Crippen LogP contribution in [0.3, 0.4) is 0 Å². The lowest BCUT2D eigenvalue weighted by Gasteiger charge is -2.48. The van der Waals surface area contributed by atoms with E-state index in [1.807, 2.05) is 0 Å². The lowest BCUT2D eigenvalue weighted by atomic mass is 9.96. The molecule has 3 fully saturated rings. The molecule has 17 atom stereocenters. The summed E-state index contributed by atoms with van der Waals surface area (Å²) in [6.45, 7) is 1.68. The fraction of sp³-hybridized carbons (Fsp3) is 0.725. The summed E-state index contributed by atoms with van der Waals surface area (Å²) < 4.78 is 34.5. The van der Waals surface area contributed by atoms with E-state index in [2.05, 4.69) is 165 Å². The molecule has 17 unspecified atom stereocenters. The van der Waals surface area contributed by atoms with Gasteiger partial charge in [0.05, 0.1) is 38.6 Å². The number of amides is 1. The van der Waals surface area contributed by atoms with Gasteiger partial charge in [-0.15, -0.1) is 0 Å². The Labute approximate surface area is 663 Å². The molecule has 110 heavy (non-hydrogen) atoms. The molecule has 12 N–H and O–H groups in total. The van der Waals surface area contributed by atoms with E-state index in [4.69, 9.17) is 28.4 Å². The van der Waals surface area contributed by atoms with Crippen LogP contribution < -0.4 is 5.32 Å². The van der Waals surface area contributed by atoms with Gasteiger partial charge in [0, 0.05) is 6.42 Å². The zero-order valence-electron chi connectivity index (χ0n) is 67.7. The average molecular weight is 1550 g/mol. The van der Waals surface area contributed by atoms with Crippen LogP contribution in [0, 0.1) is 0 Å². The molecule has 1 amide bonds. The van der Waals surface area contributed by atoms with E-state index in [1.165, 1.54) is 128 Å². The number of nitrogens with one attached hydrogen (secondary N) is 1. The summed E-state index contributed by atoms with van der Waals surface area (Å²) in [7, 11) is 0. The highest BCUT2D eigenvalue weighted by Crippen LogP contribution is 2.33. The van der Waals surface area contributed by atoms with Crippen molar-refractivity contribution in [2.24, 2.45) is 0 Å². The first-order chi connectivity index (χ1) is 53.8. The molecular formula is C91H153NO18. The van der Waals surface area contributed by atoms with Crippen LogP contribution >= 0.6 is 0 Å². The number of allylic oxidation sites excluding steroid dienone is 24. The summed E-state index contributed by atoms with van der Waals surface area (Å²) in [5.74, 6) is -0.270. The van der Waals surface area contributed by atoms with Gasteiger partial charge in [-0.25, -0.2) is 0 Å². The largest absolute Gasteiger partial charge is 0.394 e. The maximum absolute atomic E-state index is 13.5. The molecule has 3 aliphatic rings. The zero-order valence-corrected chi connectivity index (χ0v) is 67.7. The van der Waals surface area contributed by atoms with Gasteiger partial charge in [0.25, 0.3) is 0 Å². The van der Waals surface area contributed by atoms with E-state index < -0.39 is 124 Å². The Kier molecular flexibility index (Phi) is 62.7. The van der Waals surface area contributed by atoms with Crippen LogP contribution in [0.5, 0.6) is 0 Å². The van der Waals surface area contributed by atoms with Crippen molar-refractivity contribution in [2.75, 3.05) is 26.4 Å². The molecule has 19 heteroatoms. The monoisotopic (exact) mass is 1550 g/mol. The first kappa shape index (κ1) is 99.9. The first-order valence-electron chi connectivity index (χ1n) is 43.1. The molecule has 0 aromatic carbocycles. The Hall–Kier alpha value is -4.33. The second-order valence-corrected chi connectivity index (χ2v) is 29.9. The van der Waals surface area contributed by atoms with Crippen molar-refractivity contribution in [1.82, 2.24) is 5.32 Å². The fourth-order valence-corrected chi connectivity index (χ4v) is 13.6. The van der Waals surface area contributed by atoms with Crippen LogP contribution in [0.1, 0.15) is 290 Å². The number of hydrogen-bond acceptors (Lipinski definition) is 18. The zero-order chi connectivity index (χ0) is 79.5. The maximum atomic E-state index is 13.5. The number of rotatable bonds is 67. The number of carbonyl (C=O) groups excluding carboxylic acids is 1. The van der Waals surface area contributed by atoms with Crippen molar-refractivity contribution < 1.29 is 89.4 Å². The number of hydrogen-bond donors (Lipinski definition) is 12. The summed E-state index contributed by atoms with van der Waals surface area (Å²) >= 11 is 0. The van der Waals surface area contributed by atoms with Crippen molar-refractivity contribution >= 4 is 5.91 Å².